The van der Waals surface area contributed by atoms with Gasteiger partial charge in [0.15, 0.2) is 0 Å². The van der Waals surface area contributed by atoms with E-state index in [1.54, 1.807) is 6.92 Å². The summed E-state index contributed by atoms with van der Waals surface area (Å²) < 4.78 is 0. The van der Waals surface area contributed by atoms with Crippen molar-refractivity contribution in [3.63, 3.8) is 0 Å². The predicted octanol–water partition coefficient (Wildman–Crippen LogP) is 2.55. The number of carbonyl (C=O) groups is 3. The molecule has 7 nitrogen and oxygen atoms in total. The lowest BCUT2D eigenvalue weighted by atomic mass is 9.90. The lowest BCUT2D eigenvalue weighted by Crippen LogP contribution is -2.44. The molecule has 0 bridgehead atoms. The molecule has 7 heteroatoms. The number of carbonyl (C=O) groups excluding carboxylic acids is 2. The van der Waals surface area contributed by atoms with Crippen LogP contribution in [0.5, 0.6) is 0 Å². The first kappa shape index (κ1) is 24.9. The molecule has 2 atom stereocenters. The zero-order chi connectivity index (χ0) is 22.6. The molecule has 31 heavy (non-hydrogen) atoms. The number of amides is 2. The van der Waals surface area contributed by atoms with Gasteiger partial charge in [0, 0.05) is 45.1 Å². The van der Waals surface area contributed by atoms with Crippen LogP contribution in [0.3, 0.4) is 0 Å². The van der Waals surface area contributed by atoms with E-state index in [0.717, 1.165) is 51.1 Å². The van der Waals surface area contributed by atoms with Crippen LogP contribution in [0.1, 0.15) is 51.0 Å². The Bertz CT molecular complexity index is 689. The quantitative estimate of drug-likeness (QED) is 0.648. The summed E-state index contributed by atoms with van der Waals surface area (Å²) in [5.41, 5.74) is 1.42. The van der Waals surface area contributed by atoms with Gasteiger partial charge in [0.25, 0.3) is 6.47 Å². The Morgan fingerprint density at radius 3 is 2.32 bits per heavy atom. The number of hydrogen-bond acceptors (Lipinski definition) is 4. The van der Waals surface area contributed by atoms with Crippen molar-refractivity contribution in [2.24, 2.45) is 5.92 Å². The second-order valence-electron chi connectivity index (χ2n) is 8.65. The highest BCUT2D eigenvalue weighted by Gasteiger charge is 2.33. The molecule has 2 N–H and O–H groups in total. The molecule has 1 aromatic rings. The fourth-order valence-corrected chi connectivity index (χ4v) is 4.66. The molecule has 2 aliphatic rings. The molecule has 0 saturated carbocycles. The highest BCUT2D eigenvalue weighted by atomic mass is 16.3. The minimum absolute atomic E-state index is 0.0167. The minimum Gasteiger partial charge on any atom is -0.483 e. The van der Waals surface area contributed by atoms with Crippen molar-refractivity contribution in [2.45, 2.75) is 64.0 Å². The fraction of sp³-hybridized carbons (Fsp3) is 0.625. The second-order valence-corrected chi connectivity index (χ2v) is 8.65. The van der Waals surface area contributed by atoms with Gasteiger partial charge in [-0.3, -0.25) is 19.3 Å². The number of likely N-dealkylation sites (N-methyl/N-ethyl adjacent to an activating group) is 1. The maximum atomic E-state index is 12.8. The van der Waals surface area contributed by atoms with E-state index in [4.69, 9.17) is 9.90 Å². The van der Waals surface area contributed by atoms with E-state index >= 15 is 0 Å². The Kier molecular flexibility index (Phi) is 10.5. The van der Waals surface area contributed by atoms with Crippen LogP contribution in [0.4, 0.5) is 0 Å². The first-order valence-electron chi connectivity index (χ1n) is 11.3. The Hall–Kier alpha value is -2.41. The van der Waals surface area contributed by atoms with Gasteiger partial charge < -0.3 is 15.3 Å². The lowest BCUT2D eigenvalue weighted by molar-refractivity contribution is -0.133. The van der Waals surface area contributed by atoms with Crippen molar-refractivity contribution in [2.75, 3.05) is 26.7 Å². The highest BCUT2D eigenvalue weighted by molar-refractivity contribution is 5.77. The summed E-state index contributed by atoms with van der Waals surface area (Å²) in [5.74, 6) is 1.06. The van der Waals surface area contributed by atoms with Gasteiger partial charge in [-0.05, 0) is 57.1 Å². The molecule has 0 spiro atoms. The number of aryl methyl sites for hydroxylation is 1. The number of piperidine rings is 1. The molecular formula is C24H37N3O4. The highest BCUT2D eigenvalue weighted by Crippen LogP contribution is 2.27. The normalized spacial score (nSPS) is 21.8. The number of nitrogens with zero attached hydrogens (tertiary/aromatic N) is 2. The number of rotatable bonds is 7. The molecule has 2 heterocycles. The van der Waals surface area contributed by atoms with Crippen LogP contribution in [-0.4, -0.2) is 72.0 Å². The second kappa shape index (κ2) is 13.1. The van der Waals surface area contributed by atoms with Crippen LogP contribution < -0.4 is 5.32 Å². The number of likely N-dealkylation sites (tertiary alicyclic amines) is 2. The molecule has 2 fully saturated rings. The van der Waals surface area contributed by atoms with E-state index in [9.17, 15) is 9.59 Å². The third-order valence-corrected chi connectivity index (χ3v) is 6.63. The number of benzene rings is 1. The summed E-state index contributed by atoms with van der Waals surface area (Å²) in [6.07, 6.45) is 7.33. The molecule has 2 saturated heterocycles. The zero-order valence-corrected chi connectivity index (χ0v) is 18.8. The number of carboxylic acid groups (broad SMARTS) is 1. The maximum absolute atomic E-state index is 12.8. The van der Waals surface area contributed by atoms with Gasteiger partial charge in [-0.15, -0.1) is 0 Å². The summed E-state index contributed by atoms with van der Waals surface area (Å²) in [7, 11) is 2.09. The molecule has 0 aliphatic carbocycles. The van der Waals surface area contributed by atoms with Crippen molar-refractivity contribution in [1.82, 2.24) is 15.1 Å². The largest absolute Gasteiger partial charge is 0.483 e. The average Bonchev–Trinajstić information content (AvgIpc) is 3.11. The maximum Gasteiger partial charge on any atom is 0.290 e. The molecule has 172 valence electrons. The van der Waals surface area contributed by atoms with E-state index in [1.165, 1.54) is 12.0 Å². The van der Waals surface area contributed by atoms with Gasteiger partial charge in [-0.1, -0.05) is 30.3 Å². The lowest BCUT2D eigenvalue weighted by Gasteiger charge is -2.34. The molecule has 0 radical (unpaired) electrons. The Morgan fingerprint density at radius 2 is 1.71 bits per heavy atom. The van der Waals surface area contributed by atoms with E-state index in [0.29, 0.717) is 31.0 Å². The van der Waals surface area contributed by atoms with Crippen LogP contribution in [0, 0.1) is 5.92 Å². The fourth-order valence-electron chi connectivity index (χ4n) is 4.66. The minimum atomic E-state index is -0.250. The van der Waals surface area contributed by atoms with Gasteiger partial charge in [-0.25, -0.2) is 0 Å². The average molecular weight is 432 g/mol. The zero-order valence-electron chi connectivity index (χ0n) is 18.8. The molecule has 3 rings (SSSR count). The number of hydrogen-bond donors (Lipinski definition) is 2. The first-order chi connectivity index (χ1) is 14.9. The molecular weight excluding hydrogens is 394 g/mol. The van der Waals surface area contributed by atoms with E-state index in [1.807, 2.05) is 0 Å². The topological polar surface area (TPSA) is 90.0 Å². The van der Waals surface area contributed by atoms with Gasteiger partial charge >= 0.3 is 0 Å². The summed E-state index contributed by atoms with van der Waals surface area (Å²) in [4.78, 5) is 36.7. The van der Waals surface area contributed by atoms with E-state index < -0.39 is 0 Å². The van der Waals surface area contributed by atoms with Gasteiger partial charge in [0.2, 0.25) is 11.8 Å². The number of nitrogens with one attached hydrogen (secondary N) is 1. The third kappa shape index (κ3) is 8.32. The molecule has 0 aromatic heterocycles. The Morgan fingerprint density at radius 1 is 1.10 bits per heavy atom. The molecule has 2 amide bonds. The summed E-state index contributed by atoms with van der Waals surface area (Å²) >= 11 is 0. The van der Waals surface area contributed by atoms with Crippen molar-refractivity contribution >= 4 is 18.3 Å². The molecule has 0 unspecified atom stereocenters. The third-order valence-electron chi connectivity index (χ3n) is 6.63. The van der Waals surface area contributed by atoms with E-state index in [2.05, 4.69) is 52.5 Å². The van der Waals surface area contributed by atoms with E-state index in [-0.39, 0.29) is 12.4 Å². The molecule has 2 aliphatic heterocycles. The van der Waals surface area contributed by atoms with Crippen molar-refractivity contribution in [3.05, 3.63) is 35.9 Å². The Balaban J connectivity index is 0.00000107. The van der Waals surface area contributed by atoms with Gasteiger partial charge in [0.05, 0.1) is 0 Å². The molecule has 1 aromatic carbocycles. The van der Waals surface area contributed by atoms with Gasteiger partial charge in [-0.2, -0.15) is 0 Å². The van der Waals surface area contributed by atoms with Crippen LogP contribution in [0.15, 0.2) is 30.3 Å². The standard InChI is InChI=1S/C23H35N3O2.CH2O2/c1-18(27)24-17-22-11-10-21(25(22)2)16-23(28)26-14-12-20(13-15-26)9-8-19-6-4-3-5-7-19;2-1-3/h3-7,20-22H,8-17H2,1-2H3,(H,24,27);1H,(H,2,3)/t21-,22+;/m0./s1. The van der Waals surface area contributed by atoms with Crippen LogP contribution in [0.25, 0.3) is 0 Å². The predicted molar refractivity (Wildman–Crippen MR) is 121 cm³/mol. The summed E-state index contributed by atoms with van der Waals surface area (Å²) in [6.45, 7) is 3.80. The summed E-state index contributed by atoms with van der Waals surface area (Å²) in [5, 5.41) is 9.80. The van der Waals surface area contributed by atoms with Gasteiger partial charge in [0.1, 0.15) is 0 Å². The van der Waals surface area contributed by atoms with Crippen molar-refractivity contribution in [3.8, 4) is 0 Å². The van der Waals surface area contributed by atoms with Crippen LogP contribution >= 0.6 is 0 Å². The van der Waals surface area contributed by atoms with Crippen LogP contribution in [0.2, 0.25) is 0 Å². The van der Waals surface area contributed by atoms with Crippen molar-refractivity contribution in [1.29, 1.82) is 0 Å². The smallest absolute Gasteiger partial charge is 0.290 e. The monoisotopic (exact) mass is 431 g/mol. The first-order valence-corrected chi connectivity index (χ1v) is 11.3. The SMILES string of the molecule is CC(=O)NC[C@H]1CC[C@@H](CC(=O)N2CCC(CCc3ccccc3)CC2)N1C.O=CO. The van der Waals surface area contributed by atoms with Crippen LogP contribution in [-0.2, 0) is 20.8 Å². The Labute approximate surface area is 185 Å². The van der Waals surface area contributed by atoms with Crippen molar-refractivity contribution < 1.29 is 19.5 Å². The summed E-state index contributed by atoms with van der Waals surface area (Å²) in [6, 6.07) is 11.4.